The molecule has 102 valence electrons. The van der Waals surface area contributed by atoms with E-state index in [1.165, 1.54) is 0 Å². The number of rotatable bonds is 3. The second-order valence-corrected chi connectivity index (χ2v) is 5.58. The van der Waals surface area contributed by atoms with Crippen molar-refractivity contribution < 1.29 is 4.74 Å². The Bertz CT molecular complexity index is 572. The van der Waals surface area contributed by atoms with Gasteiger partial charge in [0.1, 0.15) is 0 Å². The third-order valence-corrected chi connectivity index (χ3v) is 3.80. The molecule has 1 aliphatic rings. The summed E-state index contributed by atoms with van der Waals surface area (Å²) in [5.41, 5.74) is 3.23. The van der Waals surface area contributed by atoms with E-state index in [2.05, 4.69) is 22.3 Å². The van der Waals surface area contributed by atoms with Crippen molar-refractivity contribution in [2.24, 2.45) is 0 Å². The summed E-state index contributed by atoms with van der Waals surface area (Å²) in [6.07, 6.45) is 6.09. The van der Waals surface area contributed by atoms with Gasteiger partial charge in [-0.05, 0) is 26.7 Å². The standard InChI is InChI=1S/C14H20N4O/c1-11-7-13-15-8-12(10-18(13)17-11)9-16-14(2)3-5-19-6-4-14/h7-8,10,16H,3-6,9H2,1-2H3. The van der Waals surface area contributed by atoms with Gasteiger partial charge in [-0.25, -0.2) is 9.50 Å². The molecule has 0 bridgehead atoms. The highest BCUT2D eigenvalue weighted by atomic mass is 16.5. The summed E-state index contributed by atoms with van der Waals surface area (Å²) in [5, 5.41) is 8.02. The molecule has 0 aliphatic carbocycles. The molecule has 0 aromatic carbocycles. The molecule has 1 aliphatic heterocycles. The molecule has 1 N–H and O–H groups in total. The first-order valence-electron chi connectivity index (χ1n) is 6.78. The Morgan fingerprint density at radius 2 is 2.21 bits per heavy atom. The van der Waals surface area contributed by atoms with E-state index in [1.807, 2.05) is 29.9 Å². The minimum absolute atomic E-state index is 0.174. The lowest BCUT2D eigenvalue weighted by molar-refractivity contribution is 0.0446. The van der Waals surface area contributed by atoms with Crippen LogP contribution in [0.25, 0.3) is 5.65 Å². The summed E-state index contributed by atoms with van der Waals surface area (Å²) in [4.78, 5) is 4.42. The molecule has 0 spiro atoms. The van der Waals surface area contributed by atoms with Crippen LogP contribution in [0.5, 0.6) is 0 Å². The minimum Gasteiger partial charge on any atom is -0.381 e. The van der Waals surface area contributed by atoms with Crippen molar-refractivity contribution >= 4 is 5.65 Å². The molecule has 0 atom stereocenters. The normalized spacial score (nSPS) is 18.8. The maximum atomic E-state index is 5.41. The SMILES string of the molecule is Cc1cc2ncc(CNC3(C)CCOCC3)cn2n1. The fourth-order valence-electron chi connectivity index (χ4n) is 2.44. The van der Waals surface area contributed by atoms with Crippen molar-refractivity contribution in [1.29, 1.82) is 0 Å². The Kier molecular flexibility index (Phi) is 3.24. The Morgan fingerprint density at radius 3 is 3.00 bits per heavy atom. The molecular weight excluding hydrogens is 240 g/mol. The van der Waals surface area contributed by atoms with Crippen LogP contribution in [0, 0.1) is 6.92 Å². The zero-order valence-corrected chi connectivity index (χ0v) is 11.5. The van der Waals surface area contributed by atoms with Crippen molar-refractivity contribution in [2.45, 2.75) is 38.8 Å². The first-order chi connectivity index (χ1) is 9.15. The maximum Gasteiger partial charge on any atom is 0.155 e. The van der Waals surface area contributed by atoms with E-state index in [1.54, 1.807) is 0 Å². The van der Waals surface area contributed by atoms with E-state index in [-0.39, 0.29) is 5.54 Å². The highest BCUT2D eigenvalue weighted by Gasteiger charge is 2.26. The molecule has 1 fully saturated rings. The number of aryl methyl sites for hydroxylation is 1. The van der Waals surface area contributed by atoms with Crippen LogP contribution in [0.3, 0.4) is 0 Å². The van der Waals surface area contributed by atoms with E-state index in [9.17, 15) is 0 Å². The smallest absolute Gasteiger partial charge is 0.155 e. The van der Waals surface area contributed by atoms with Crippen molar-refractivity contribution in [2.75, 3.05) is 13.2 Å². The fraction of sp³-hybridized carbons (Fsp3) is 0.571. The molecule has 2 aromatic rings. The van der Waals surface area contributed by atoms with E-state index in [4.69, 9.17) is 4.74 Å². The number of ether oxygens (including phenoxy) is 1. The molecule has 0 unspecified atom stereocenters. The van der Waals surface area contributed by atoms with Crippen LogP contribution in [0.4, 0.5) is 0 Å². The topological polar surface area (TPSA) is 51.5 Å². The lowest BCUT2D eigenvalue weighted by Gasteiger charge is -2.34. The van der Waals surface area contributed by atoms with Gasteiger partial charge in [-0.2, -0.15) is 5.10 Å². The van der Waals surface area contributed by atoms with Crippen molar-refractivity contribution in [3.8, 4) is 0 Å². The lowest BCUT2D eigenvalue weighted by atomic mass is 9.92. The summed E-state index contributed by atoms with van der Waals surface area (Å²) in [7, 11) is 0. The number of nitrogens with zero attached hydrogens (tertiary/aromatic N) is 3. The van der Waals surface area contributed by atoms with Gasteiger partial charge in [-0.3, -0.25) is 0 Å². The van der Waals surface area contributed by atoms with E-state index in [0.717, 1.165) is 49.5 Å². The van der Waals surface area contributed by atoms with Gasteiger partial charge >= 0.3 is 0 Å². The molecule has 19 heavy (non-hydrogen) atoms. The van der Waals surface area contributed by atoms with Gasteiger partial charge in [0.05, 0.1) is 5.69 Å². The molecule has 3 heterocycles. The highest BCUT2D eigenvalue weighted by molar-refractivity contribution is 5.38. The van der Waals surface area contributed by atoms with Crippen LogP contribution in [0.15, 0.2) is 18.5 Å². The van der Waals surface area contributed by atoms with E-state index < -0.39 is 0 Å². The number of hydrogen-bond acceptors (Lipinski definition) is 4. The van der Waals surface area contributed by atoms with Gasteiger partial charge < -0.3 is 10.1 Å². The molecular formula is C14H20N4O. The van der Waals surface area contributed by atoms with Gasteiger partial charge in [0.2, 0.25) is 0 Å². The van der Waals surface area contributed by atoms with Crippen LogP contribution < -0.4 is 5.32 Å². The quantitative estimate of drug-likeness (QED) is 0.912. The van der Waals surface area contributed by atoms with Crippen LogP contribution in [-0.4, -0.2) is 33.4 Å². The maximum absolute atomic E-state index is 5.41. The summed E-state index contributed by atoms with van der Waals surface area (Å²) < 4.78 is 7.26. The Hall–Kier alpha value is -1.46. The number of aromatic nitrogens is 3. The third kappa shape index (κ3) is 2.77. The van der Waals surface area contributed by atoms with Crippen molar-refractivity contribution in [3.05, 3.63) is 29.7 Å². The first-order valence-corrected chi connectivity index (χ1v) is 6.78. The largest absolute Gasteiger partial charge is 0.381 e. The summed E-state index contributed by atoms with van der Waals surface area (Å²) in [6.45, 7) is 6.76. The van der Waals surface area contributed by atoms with Crippen LogP contribution in [-0.2, 0) is 11.3 Å². The average molecular weight is 260 g/mol. The average Bonchev–Trinajstić information content (AvgIpc) is 2.76. The van der Waals surface area contributed by atoms with E-state index >= 15 is 0 Å². The highest BCUT2D eigenvalue weighted by Crippen LogP contribution is 2.20. The second kappa shape index (κ2) is 4.90. The zero-order chi connectivity index (χ0) is 13.3. The predicted molar refractivity (Wildman–Crippen MR) is 73.0 cm³/mol. The van der Waals surface area contributed by atoms with Crippen molar-refractivity contribution in [1.82, 2.24) is 19.9 Å². The first kappa shape index (κ1) is 12.6. The van der Waals surface area contributed by atoms with Crippen LogP contribution in [0.1, 0.15) is 31.0 Å². The summed E-state index contributed by atoms with van der Waals surface area (Å²) >= 11 is 0. The van der Waals surface area contributed by atoms with Crippen molar-refractivity contribution in [3.63, 3.8) is 0 Å². The minimum atomic E-state index is 0.174. The summed E-state index contributed by atoms with van der Waals surface area (Å²) in [6, 6.07) is 1.98. The summed E-state index contributed by atoms with van der Waals surface area (Å²) in [5.74, 6) is 0. The van der Waals surface area contributed by atoms with Gasteiger partial charge in [-0.15, -0.1) is 0 Å². The van der Waals surface area contributed by atoms with E-state index in [0.29, 0.717) is 0 Å². The molecule has 5 heteroatoms. The molecule has 5 nitrogen and oxygen atoms in total. The molecule has 3 rings (SSSR count). The number of hydrogen-bond donors (Lipinski definition) is 1. The molecule has 1 saturated heterocycles. The second-order valence-electron chi connectivity index (χ2n) is 5.58. The molecule has 0 saturated carbocycles. The predicted octanol–water partition coefficient (Wildman–Crippen LogP) is 1.70. The van der Waals surface area contributed by atoms with Gasteiger partial charge in [0, 0.05) is 49.3 Å². The third-order valence-electron chi connectivity index (χ3n) is 3.80. The number of fused-ring (bicyclic) bond motifs is 1. The Morgan fingerprint density at radius 1 is 1.42 bits per heavy atom. The van der Waals surface area contributed by atoms with Gasteiger partial charge in [0.15, 0.2) is 5.65 Å². The van der Waals surface area contributed by atoms with Crippen LogP contribution in [0.2, 0.25) is 0 Å². The van der Waals surface area contributed by atoms with Gasteiger partial charge in [-0.1, -0.05) is 0 Å². The lowest BCUT2D eigenvalue weighted by Crippen LogP contribution is -2.46. The molecule has 0 radical (unpaired) electrons. The Labute approximate surface area is 113 Å². The monoisotopic (exact) mass is 260 g/mol. The zero-order valence-electron chi connectivity index (χ0n) is 11.5. The fourth-order valence-corrected chi connectivity index (χ4v) is 2.44. The molecule has 0 amide bonds. The Balaban J connectivity index is 1.70. The van der Waals surface area contributed by atoms with Crippen LogP contribution >= 0.6 is 0 Å². The number of nitrogens with one attached hydrogen (secondary N) is 1. The molecule has 2 aromatic heterocycles. The van der Waals surface area contributed by atoms with Gasteiger partial charge in [0.25, 0.3) is 0 Å².